The molecule has 0 radical (unpaired) electrons. The summed E-state index contributed by atoms with van der Waals surface area (Å²) in [6.07, 6.45) is 3.59. The van der Waals surface area contributed by atoms with E-state index in [9.17, 15) is 23.2 Å². The molecule has 0 spiro atoms. The van der Waals surface area contributed by atoms with Gasteiger partial charge in [0.05, 0.1) is 22.8 Å². The summed E-state index contributed by atoms with van der Waals surface area (Å²) in [4.78, 5) is 42.8. The van der Waals surface area contributed by atoms with E-state index in [1.54, 1.807) is 12.1 Å². The molecule has 2 aromatic carbocycles. The molecule has 210 valence electrons. The van der Waals surface area contributed by atoms with Gasteiger partial charge in [-0.3, -0.25) is 9.59 Å². The van der Waals surface area contributed by atoms with Gasteiger partial charge in [-0.25, -0.2) is 23.1 Å². The third-order valence-corrected chi connectivity index (χ3v) is 7.17. The molecule has 4 aromatic rings. The average molecular weight is 580 g/mol. The Bertz CT molecular complexity index is 1720. The lowest BCUT2D eigenvalue weighted by Gasteiger charge is -2.16. The predicted molar refractivity (Wildman–Crippen MR) is 146 cm³/mol. The number of fused-ring (bicyclic) bond motifs is 2. The van der Waals surface area contributed by atoms with Crippen LogP contribution in [0.25, 0.3) is 5.65 Å². The van der Waals surface area contributed by atoms with Gasteiger partial charge in [0.25, 0.3) is 11.8 Å². The van der Waals surface area contributed by atoms with E-state index in [0.717, 1.165) is 27.4 Å². The van der Waals surface area contributed by atoms with E-state index in [2.05, 4.69) is 27.3 Å². The van der Waals surface area contributed by atoms with Gasteiger partial charge in [0.1, 0.15) is 23.8 Å². The second kappa shape index (κ2) is 11.5. The third-order valence-electron chi connectivity index (χ3n) is 6.88. The third kappa shape index (κ3) is 5.53. The van der Waals surface area contributed by atoms with Crippen molar-refractivity contribution in [1.29, 1.82) is 0 Å². The molecule has 2 amide bonds. The van der Waals surface area contributed by atoms with Crippen molar-refractivity contribution in [3.63, 3.8) is 0 Å². The van der Waals surface area contributed by atoms with Gasteiger partial charge < -0.3 is 15.4 Å². The van der Waals surface area contributed by atoms with Crippen molar-refractivity contribution >= 4 is 35.0 Å². The van der Waals surface area contributed by atoms with Crippen molar-refractivity contribution in [1.82, 2.24) is 25.2 Å². The minimum absolute atomic E-state index is 0.00367. The Balaban J connectivity index is 1.38. The molecule has 0 saturated heterocycles. The summed E-state index contributed by atoms with van der Waals surface area (Å²) in [5.41, 5.74) is 2.95. The van der Waals surface area contributed by atoms with Crippen LogP contribution in [-0.4, -0.2) is 39.0 Å². The summed E-state index contributed by atoms with van der Waals surface area (Å²) in [5.74, 6) is -3.12. The van der Waals surface area contributed by atoms with E-state index in [-0.39, 0.29) is 35.2 Å². The van der Waals surface area contributed by atoms with Gasteiger partial charge in [-0.15, -0.1) is 0 Å². The molecule has 1 aliphatic carbocycles. The number of amides is 2. The Morgan fingerprint density at radius 2 is 1.98 bits per heavy atom. The van der Waals surface area contributed by atoms with E-state index < -0.39 is 35.5 Å². The van der Waals surface area contributed by atoms with Gasteiger partial charge in [0, 0.05) is 12.6 Å². The molecule has 2 heterocycles. The number of halogens is 3. The molecule has 0 saturated carbocycles. The number of hydrogen-bond acceptors (Lipinski definition) is 6. The lowest BCUT2D eigenvalue weighted by atomic mass is 9.98. The maximum absolute atomic E-state index is 14.5. The molecular weight excluding hydrogens is 556 g/mol. The SMILES string of the molecule is C=CCOC(=O)c1ccc2c(c1C)CC[C@@H]2NC(=O)c1cc(C(=O)NCc2ccc(F)c(Cl)c2)nc2c(F)cnn12. The van der Waals surface area contributed by atoms with Crippen LogP contribution in [0.5, 0.6) is 0 Å². The fraction of sp³-hybridized carbons (Fsp3) is 0.207. The van der Waals surface area contributed by atoms with Crippen molar-refractivity contribution in [2.45, 2.75) is 32.4 Å². The molecule has 9 nitrogen and oxygen atoms in total. The zero-order chi connectivity index (χ0) is 29.3. The fourth-order valence-corrected chi connectivity index (χ4v) is 5.04. The molecule has 0 unspecified atom stereocenters. The summed E-state index contributed by atoms with van der Waals surface area (Å²) in [6.45, 7) is 5.47. The van der Waals surface area contributed by atoms with Crippen LogP contribution in [-0.2, 0) is 17.7 Å². The standard InChI is InChI=1S/C29H24ClF2N5O4/c1-3-10-41-29(40)18-5-6-19-17(15(18)2)7-9-23(19)36-28(39)25-12-24(35-26-22(32)14-34-37(25)26)27(38)33-13-16-4-8-21(31)20(30)11-16/h3-6,8,11-12,14,23H,1,7,9-10,13H2,2H3,(H,33,38)(H,36,39)/t23-/m0/s1. The highest BCUT2D eigenvalue weighted by Gasteiger charge is 2.29. The van der Waals surface area contributed by atoms with Gasteiger partial charge in [0.15, 0.2) is 11.5 Å². The molecule has 41 heavy (non-hydrogen) atoms. The molecule has 1 atom stereocenters. The zero-order valence-electron chi connectivity index (χ0n) is 21.8. The van der Waals surface area contributed by atoms with Crippen molar-refractivity contribution in [3.05, 3.63) is 111 Å². The van der Waals surface area contributed by atoms with E-state index in [4.69, 9.17) is 16.3 Å². The van der Waals surface area contributed by atoms with Crippen molar-refractivity contribution in [2.24, 2.45) is 0 Å². The smallest absolute Gasteiger partial charge is 0.338 e. The number of nitrogens with one attached hydrogen (secondary N) is 2. The monoisotopic (exact) mass is 579 g/mol. The van der Waals surface area contributed by atoms with E-state index in [1.165, 1.54) is 30.3 Å². The van der Waals surface area contributed by atoms with Gasteiger partial charge in [-0.05, 0) is 60.2 Å². The van der Waals surface area contributed by atoms with Gasteiger partial charge in [-0.1, -0.05) is 36.4 Å². The summed E-state index contributed by atoms with van der Waals surface area (Å²) < 4.78 is 34.1. The second-order valence-electron chi connectivity index (χ2n) is 9.44. The first-order valence-electron chi connectivity index (χ1n) is 12.7. The first kappa shape index (κ1) is 27.9. The average Bonchev–Trinajstić information content (AvgIpc) is 3.55. The van der Waals surface area contributed by atoms with Crippen LogP contribution in [0.1, 0.15) is 66.1 Å². The van der Waals surface area contributed by atoms with Crippen LogP contribution < -0.4 is 10.6 Å². The molecule has 12 heteroatoms. The van der Waals surface area contributed by atoms with E-state index >= 15 is 0 Å². The summed E-state index contributed by atoms with van der Waals surface area (Å²) in [6, 6.07) is 8.28. The number of nitrogens with zero attached hydrogens (tertiary/aromatic N) is 3. The Morgan fingerprint density at radius 1 is 1.17 bits per heavy atom. The van der Waals surface area contributed by atoms with Crippen LogP contribution in [0.15, 0.2) is 55.3 Å². The summed E-state index contributed by atoms with van der Waals surface area (Å²) in [5, 5.41) is 9.38. The zero-order valence-corrected chi connectivity index (χ0v) is 22.6. The maximum atomic E-state index is 14.5. The Labute approximate surface area is 238 Å². The lowest BCUT2D eigenvalue weighted by Crippen LogP contribution is -2.30. The van der Waals surface area contributed by atoms with Crippen LogP contribution in [0, 0.1) is 18.6 Å². The van der Waals surface area contributed by atoms with Crippen LogP contribution >= 0.6 is 11.6 Å². The minimum Gasteiger partial charge on any atom is -0.458 e. The normalized spacial score (nSPS) is 14.0. The minimum atomic E-state index is -0.809. The van der Waals surface area contributed by atoms with E-state index in [1.807, 2.05) is 6.92 Å². The number of aromatic nitrogens is 3. The number of rotatable bonds is 8. The summed E-state index contributed by atoms with van der Waals surface area (Å²) in [7, 11) is 0. The predicted octanol–water partition coefficient (Wildman–Crippen LogP) is 4.66. The highest BCUT2D eigenvalue weighted by molar-refractivity contribution is 6.30. The number of esters is 1. The number of carbonyl (C=O) groups is 3. The molecule has 0 bridgehead atoms. The highest BCUT2D eigenvalue weighted by Crippen LogP contribution is 2.35. The largest absolute Gasteiger partial charge is 0.458 e. The molecule has 1 aliphatic rings. The van der Waals surface area contributed by atoms with Crippen LogP contribution in [0.2, 0.25) is 5.02 Å². The number of hydrogen-bond donors (Lipinski definition) is 2. The molecule has 2 N–H and O–H groups in total. The van der Waals surface area contributed by atoms with Gasteiger partial charge in [0.2, 0.25) is 0 Å². The Morgan fingerprint density at radius 3 is 2.73 bits per heavy atom. The highest BCUT2D eigenvalue weighted by atomic mass is 35.5. The number of carbonyl (C=O) groups excluding carboxylic acids is 3. The quantitative estimate of drug-likeness (QED) is 0.232. The number of ether oxygens (including phenoxy) is 1. The molecular formula is C29H24ClF2N5O4. The number of benzene rings is 2. The lowest BCUT2D eigenvalue weighted by molar-refractivity contribution is 0.0548. The van der Waals surface area contributed by atoms with Crippen molar-refractivity contribution < 1.29 is 27.9 Å². The molecule has 0 aliphatic heterocycles. The van der Waals surface area contributed by atoms with Crippen LogP contribution in [0.4, 0.5) is 8.78 Å². The van der Waals surface area contributed by atoms with Crippen LogP contribution in [0.3, 0.4) is 0 Å². The van der Waals surface area contributed by atoms with Gasteiger partial charge in [-0.2, -0.15) is 5.10 Å². The molecule has 2 aromatic heterocycles. The topological polar surface area (TPSA) is 115 Å². The van der Waals surface area contributed by atoms with E-state index in [0.29, 0.717) is 24.0 Å². The first-order chi connectivity index (χ1) is 19.7. The first-order valence-corrected chi connectivity index (χ1v) is 13.0. The Kier molecular flexibility index (Phi) is 7.80. The molecule has 0 fully saturated rings. The Hall–Kier alpha value is -4.64. The van der Waals surface area contributed by atoms with Crippen molar-refractivity contribution in [3.8, 4) is 0 Å². The fourth-order valence-electron chi connectivity index (χ4n) is 4.83. The van der Waals surface area contributed by atoms with Crippen molar-refractivity contribution in [2.75, 3.05) is 6.61 Å². The summed E-state index contributed by atoms with van der Waals surface area (Å²) >= 11 is 5.80. The van der Waals surface area contributed by atoms with Gasteiger partial charge >= 0.3 is 5.97 Å². The molecule has 5 rings (SSSR count). The second-order valence-corrected chi connectivity index (χ2v) is 9.85. The maximum Gasteiger partial charge on any atom is 0.338 e.